The summed E-state index contributed by atoms with van der Waals surface area (Å²) in [6.45, 7) is 4.07. The lowest BCUT2D eigenvalue weighted by molar-refractivity contribution is -0.142. The van der Waals surface area contributed by atoms with E-state index in [0.29, 0.717) is 11.7 Å². The molecule has 146 valence electrons. The molecule has 27 heavy (non-hydrogen) atoms. The highest BCUT2D eigenvalue weighted by molar-refractivity contribution is 6.04. The van der Waals surface area contributed by atoms with Gasteiger partial charge in [-0.15, -0.1) is 0 Å². The number of ether oxygens (including phenoxy) is 1. The Kier molecular flexibility index (Phi) is 6.20. The molecule has 0 atom stereocenters. The van der Waals surface area contributed by atoms with Crippen LogP contribution >= 0.6 is 0 Å². The molecule has 0 radical (unpaired) electrons. The first kappa shape index (κ1) is 19.1. The topological polar surface area (TPSA) is 105 Å². The Morgan fingerprint density at radius 3 is 2.56 bits per heavy atom. The lowest BCUT2D eigenvalue weighted by Gasteiger charge is -2.28. The van der Waals surface area contributed by atoms with Gasteiger partial charge < -0.3 is 15.0 Å². The molecule has 1 N–H and O–H groups in total. The van der Waals surface area contributed by atoms with Gasteiger partial charge in [0.2, 0.25) is 23.6 Å². The fourth-order valence-corrected chi connectivity index (χ4v) is 3.23. The monoisotopic (exact) mass is 375 g/mol. The number of piperidine rings is 1. The number of nitrogens with one attached hydrogen (secondary N) is 1. The normalized spacial score (nSPS) is 17.4. The molecule has 3 heterocycles. The zero-order chi connectivity index (χ0) is 19.2. The Labute approximate surface area is 158 Å². The first-order valence-electron chi connectivity index (χ1n) is 9.36. The maximum atomic E-state index is 11.9. The summed E-state index contributed by atoms with van der Waals surface area (Å²) >= 11 is 0. The molecule has 2 aliphatic rings. The van der Waals surface area contributed by atoms with E-state index in [1.165, 1.54) is 6.42 Å². The van der Waals surface area contributed by atoms with Crippen LogP contribution in [0.2, 0.25) is 0 Å². The fourth-order valence-electron chi connectivity index (χ4n) is 3.23. The van der Waals surface area contributed by atoms with E-state index >= 15 is 0 Å². The molecule has 0 saturated carbocycles. The van der Waals surface area contributed by atoms with Gasteiger partial charge in [0, 0.05) is 32.0 Å². The summed E-state index contributed by atoms with van der Waals surface area (Å²) in [6.07, 6.45) is 3.93. The van der Waals surface area contributed by atoms with E-state index in [0.717, 1.165) is 36.6 Å². The molecule has 1 aromatic rings. The maximum absolute atomic E-state index is 11.9. The number of anilines is 1. The van der Waals surface area contributed by atoms with Crippen molar-refractivity contribution in [3.8, 4) is 5.88 Å². The zero-order valence-corrected chi connectivity index (χ0v) is 15.6. The van der Waals surface area contributed by atoms with Gasteiger partial charge in [-0.05, 0) is 26.2 Å². The number of carbonyl (C=O) groups excluding carboxylic acids is 3. The molecule has 9 heteroatoms. The predicted octanol–water partition coefficient (Wildman–Crippen LogP) is 0.419. The van der Waals surface area contributed by atoms with Crippen LogP contribution in [-0.2, 0) is 14.4 Å². The minimum absolute atomic E-state index is 0.182. The maximum Gasteiger partial charge on any atom is 0.240 e. The largest absolute Gasteiger partial charge is 0.476 e. The summed E-state index contributed by atoms with van der Waals surface area (Å²) in [4.78, 5) is 46.9. The highest BCUT2D eigenvalue weighted by Crippen LogP contribution is 2.21. The summed E-state index contributed by atoms with van der Waals surface area (Å²) in [5.41, 5.74) is 0. The number of nitrogens with zero attached hydrogens (tertiary/aromatic N) is 4. The third kappa shape index (κ3) is 5.15. The fraction of sp³-hybridized carbons (Fsp3) is 0.611. The Bertz CT molecular complexity index is 702. The quantitative estimate of drug-likeness (QED) is 0.544. The van der Waals surface area contributed by atoms with E-state index in [4.69, 9.17) is 4.74 Å². The number of carbonyl (C=O) groups is 3. The van der Waals surface area contributed by atoms with Gasteiger partial charge >= 0.3 is 0 Å². The van der Waals surface area contributed by atoms with Crippen LogP contribution in [-0.4, -0.2) is 65.4 Å². The van der Waals surface area contributed by atoms with Gasteiger partial charge in [0.25, 0.3) is 0 Å². The molecule has 0 aromatic carbocycles. The van der Waals surface area contributed by atoms with E-state index in [1.54, 1.807) is 0 Å². The molecular weight excluding hydrogens is 350 g/mol. The number of rotatable bonds is 7. The van der Waals surface area contributed by atoms with Crippen molar-refractivity contribution in [3.05, 3.63) is 11.9 Å². The van der Waals surface area contributed by atoms with E-state index in [2.05, 4.69) is 20.2 Å². The Morgan fingerprint density at radius 2 is 1.85 bits per heavy atom. The molecule has 2 saturated heterocycles. The highest BCUT2D eigenvalue weighted by Gasteiger charge is 2.30. The Morgan fingerprint density at radius 1 is 1.15 bits per heavy atom. The van der Waals surface area contributed by atoms with Gasteiger partial charge in [-0.2, -0.15) is 4.98 Å². The number of imide groups is 1. The molecule has 0 unspecified atom stereocenters. The van der Waals surface area contributed by atoms with E-state index in [1.807, 2.05) is 13.0 Å². The molecule has 1 aromatic heterocycles. The minimum Gasteiger partial charge on any atom is -0.476 e. The van der Waals surface area contributed by atoms with Gasteiger partial charge in [0.1, 0.15) is 24.8 Å². The Hall–Kier alpha value is -2.71. The Balaban J connectivity index is 1.44. The molecule has 0 bridgehead atoms. The van der Waals surface area contributed by atoms with Crippen molar-refractivity contribution < 1.29 is 19.1 Å². The number of likely N-dealkylation sites (tertiary alicyclic amines) is 1. The van der Waals surface area contributed by atoms with Gasteiger partial charge in [0.15, 0.2) is 0 Å². The molecular formula is C18H25N5O4. The van der Waals surface area contributed by atoms with Crippen molar-refractivity contribution in [2.75, 3.05) is 37.7 Å². The number of hydrogen-bond donors (Lipinski definition) is 1. The summed E-state index contributed by atoms with van der Waals surface area (Å²) in [6, 6.07) is 1.82. The molecule has 9 nitrogen and oxygen atoms in total. The zero-order valence-electron chi connectivity index (χ0n) is 15.6. The van der Waals surface area contributed by atoms with Crippen LogP contribution < -0.4 is 15.0 Å². The van der Waals surface area contributed by atoms with Crippen LogP contribution in [0, 0.1) is 6.92 Å². The average molecular weight is 375 g/mol. The van der Waals surface area contributed by atoms with Crippen molar-refractivity contribution in [3.63, 3.8) is 0 Å². The van der Waals surface area contributed by atoms with Gasteiger partial charge in [0.05, 0.1) is 6.54 Å². The second kappa shape index (κ2) is 8.79. The summed E-state index contributed by atoms with van der Waals surface area (Å²) < 4.78 is 5.64. The van der Waals surface area contributed by atoms with Crippen molar-refractivity contribution in [1.82, 2.24) is 20.2 Å². The van der Waals surface area contributed by atoms with Crippen LogP contribution in [0.15, 0.2) is 6.07 Å². The molecule has 3 amide bonds. The third-order valence-electron chi connectivity index (χ3n) is 4.61. The second-order valence-corrected chi connectivity index (χ2v) is 6.73. The van der Waals surface area contributed by atoms with E-state index in [-0.39, 0.29) is 50.3 Å². The predicted molar refractivity (Wildman–Crippen MR) is 97.3 cm³/mol. The van der Waals surface area contributed by atoms with Crippen LogP contribution in [0.25, 0.3) is 0 Å². The standard InChI is InChI=1S/C18H25N5O4/c1-13-20-14(22-8-3-2-4-9-22)11-16(21-13)27-10-7-19-15(24)12-23-17(25)5-6-18(23)26/h11H,2-10,12H2,1H3,(H,19,24). The van der Waals surface area contributed by atoms with Gasteiger partial charge in [-0.3, -0.25) is 19.3 Å². The average Bonchev–Trinajstić information content (AvgIpc) is 2.97. The van der Waals surface area contributed by atoms with Crippen LogP contribution in [0.4, 0.5) is 5.82 Å². The third-order valence-corrected chi connectivity index (χ3v) is 4.61. The van der Waals surface area contributed by atoms with Gasteiger partial charge in [-0.25, -0.2) is 4.98 Å². The molecule has 2 aliphatic heterocycles. The van der Waals surface area contributed by atoms with Gasteiger partial charge in [-0.1, -0.05) is 0 Å². The molecule has 2 fully saturated rings. The highest BCUT2D eigenvalue weighted by atomic mass is 16.5. The summed E-state index contributed by atoms with van der Waals surface area (Å²) in [5, 5.41) is 2.65. The SMILES string of the molecule is Cc1nc(OCCNC(=O)CN2C(=O)CCC2=O)cc(N2CCCCC2)n1. The molecule has 3 rings (SSSR count). The first-order chi connectivity index (χ1) is 13.0. The van der Waals surface area contributed by atoms with Crippen LogP contribution in [0.1, 0.15) is 37.9 Å². The number of hydrogen-bond acceptors (Lipinski definition) is 7. The number of aromatic nitrogens is 2. The number of amides is 3. The van der Waals surface area contributed by atoms with Crippen LogP contribution in [0.5, 0.6) is 5.88 Å². The lowest BCUT2D eigenvalue weighted by Crippen LogP contribution is -2.41. The summed E-state index contributed by atoms with van der Waals surface area (Å²) in [7, 11) is 0. The lowest BCUT2D eigenvalue weighted by atomic mass is 10.1. The number of aryl methyl sites for hydroxylation is 1. The molecule has 0 spiro atoms. The first-order valence-corrected chi connectivity index (χ1v) is 9.36. The second-order valence-electron chi connectivity index (χ2n) is 6.73. The van der Waals surface area contributed by atoms with Crippen molar-refractivity contribution >= 4 is 23.5 Å². The minimum atomic E-state index is -0.380. The van der Waals surface area contributed by atoms with Crippen LogP contribution in [0.3, 0.4) is 0 Å². The summed E-state index contributed by atoms with van der Waals surface area (Å²) in [5.74, 6) is 1.01. The smallest absolute Gasteiger partial charge is 0.240 e. The van der Waals surface area contributed by atoms with Crippen molar-refractivity contribution in [2.24, 2.45) is 0 Å². The van der Waals surface area contributed by atoms with E-state index in [9.17, 15) is 14.4 Å². The van der Waals surface area contributed by atoms with Crippen molar-refractivity contribution in [2.45, 2.75) is 39.0 Å². The molecule has 0 aliphatic carbocycles. The van der Waals surface area contributed by atoms with Crippen molar-refractivity contribution in [1.29, 1.82) is 0 Å². The van der Waals surface area contributed by atoms with E-state index < -0.39 is 0 Å².